The molecule has 57 heavy (non-hydrogen) atoms. The van der Waals surface area contributed by atoms with Gasteiger partial charge >= 0.3 is 0 Å². The van der Waals surface area contributed by atoms with Crippen molar-refractivity contribution in [3.05, 3.63) is 235 Å². The molecule has 0 amide bonds. The lowest BCUT2D eigenvalue weighted by molar-refractivity contribution is 0.489. The average Bonchev–Trinajstić information content (AvgIpc) is 3.43. The third-order valence-electron chi connectivity index (χ3n) is 12.3. The standard InChI is InChI=1S/C55H35NO/c1-2-18-36(19-3-1)56(51-34-16-28-44-40-23-7-6-22-39(40)43-26-11-15-35-52(43)57-54(44)51)50-33-17-32-49-53(50)45-27-10-14-31-48(45)55(49)46-29-12-8-24-41(46)37-20-4-5-21-38(37)42-25-9-13-30-47(42)55/h1-35H. The Labute approximate surface area is 332 Å². The summed E-state index contributed by atoms with van der Waals surface area (Å²) in [6, 6.07) is 77.5. The maximum Gasteiger partial charge on any atom is 0.159 e. The van der Waals surface area contributed by atoms with Crippen LogP contribution in [0.15, 0.2) is 212 Å². The van der Waals surface area contributed by atoms with Gasteiger partial charge in [0.2, 0.25) is 0 Å². The van der Waals surface area contributed by atoms with Gasteiger partial charge in [0.1, 0.15) is 5.75 Å². The summed E-state index contributed by atoms with van der Waals surface area (Å²) in [4.78, 5) is 2.42. The lowest BCUT2D eigenvalue weighted by Crippen LogP contribution is -2.29. The Hall–Kier alpha value is -7.42. The zero-order chi connectivity index (χ0) is 37.5. The van der Waals surface area contributed by atoms with Crippen molar-refractivity contribution in [3.8, 4) is 67.1 Å². The number of rotatable bonds is 3. The molecule has 2 aliphatic carbocycles. The van der Waals surface area contributed by atoms with Gasteiger partial charge in [-0.1, -0.05) is 182 Å². The second-order valence-corrected chi connectivity index (χ2v) is 15.1. The Morgan fingerprint density at radius 2 is 0.719 bits per heavy atom. The third kappa shape index (κ3) is 4.41. The number of anilines is 3. The van der Waals surface area contributed by atoms with Crippen LogP contribution in [0.2, 0.25) is 0 Å². The molecular formula is C55H35NO. The highest BCUT2D eigenvalue weighted by Crippen LogP contribution is 2.64. The van der Waals surface area contributed by atoms with Crippen LogP contribution in [0.25, 0.3) is 55.6 Å². The highest BCUT2D eigenvalue weighted by molar-refractivity contribution is 6.03. The van der Waals surface area contributed by atoms with Crippen molar-refractivity contribution in [3.63, 3.8) is 0 Å². The fourth-order valence-corrected chi connectivity index (χ4v) is 10.1. The Morgan fingerprint density at radius 1 is 0.298 bits per heavy atom. The number of fused-ring (bicyclic) bond motifs is 17. The Balaban J connectivity index is 1.19. The summed E-state index contributed by atoms with van der Waals surface area (Å²) in [5.41, 5.74) is 19.7. The molecule has 0 fully saturated rings. The molecule has 12 rings (SSSR count). The van der Waals surface area contributed by atoms with Gasteiger partial charge in [0.25, 0.3) is 0 Å². The van der Waals surface area contributed by atoms with Crippen LogP contribution in [0.5, 0.6) is 11.5 Å². The largest absolute Gasteiger partial charge is 0.454 e. The molecule has 1 spiro atoms. The van der Waals surface area contributed by atoms with Crippen LogP contribution >= 0.6 is 0 Å². The van der Waals surface area contributed by atoms with Gasteiger partial charge in [-0.3, -0.25) is 0 Å². The molecule has 2 nitrogen and oxygen atoms in total. The van der Waals surface area contributed by atoms with Crippen LogP contribution in [-0.4, -0.2) is 0 Å². The molecule has 3 aliphatic rings. The van der Waals surface area contributed by atoms with Crippen molar-refractivity contribution in [2.75, 3.05) is 4.90 Å². The van der Waals surface area contributed by atoms with Gasteiger partial charge < -0.3 is 9.64 Å². The van der Waals surface area contributed by atoms with Gasteiger partial charge in [0, 0.05) is 22.4 Å². The molecule has 0 saturated carbocycles. The molecule has 0 radical (unpaired) electrons. The second kappa shape index (κ2) is 12.3. The van der Waals surface area contributed by atoms with E-state index in [-0.39, 0.29) is 0 Å². The number of ether oxygens (including phenoxy) is 1. The van der Waals surface area contributed by atoms with Crippen molar-refractivity contribution in [1.82, 2.24) is 0 Å². The molecule has 0 saturated heterocycles. The first-order valence-electron chi connectivity index (χ1n) is 19.7. The van der Waals surface area contributed by atoms with E-state index in [1.165, 1.54) is 61.2 Å². The molecule has 0 N–H and O–H groups in total. The van der Waals surface area contributed by atoms with Gasteiger partial charge in [-0.2, -0.15) is 0 Å². The molecule has 1 aliphatic heterocycles. The zero-order valence-corrected chi connectivity index (χ0v) is 31.1. The average molecular weight is 726 g/mol. The van der Waals surface area contributed by atoms with Gasteiger partial charge in [-0.15, -0.1) is 0 Å². The lowest BCUT2D eigenvalue weighted by Gasteiger charge is -2.36. The maximum absolute atomic E-state index is 7.14. The first kappa shape index (κ1) is 31.9. The first-order chi connectivity index (χ1) is 28.3. The number of para-hydroxylation sites is 3. The molecular weight excluding hydrogens is 691 g/mol. The quantitative estimate of drug-likeness (QED) is 0.180. The Kier molecular flexibility index (Phi) is 6.88. The number of nitrogens with zero attached hydrogens (tertiary/aromatic N) is 1. The molecule has 0 unspecified atom stereocenters. The third-order valence-corrected chi connectivity index (χ3v) is 12.3. The van der Waals surface area contributed by atoms with E-state index < -0.39 is 5.41 Å². The highest BCUT2D eigenvalue weighted by atomic mass is 16.5. The predicted octanol–water partition coefficient (Wildman–Crippen LogP) is 14.6. The molecule has 2 heteroatoms. The normalized spacial score (nSPS) is 13.2. The van der Waals surface area contributed by atoms with E-state index in [4.69, 9.17) is 4.74 Å². The number of hydrogen-bond donors (Lipinski definition) is 0. The highest BCUT2D eigenvalue weighted by Gasteiger charge is 2.50. The van der Waals surface area contributed by atoms with E-state index in [9.17, 15) is 0 Å². The van der Waals surface area contributed by atoms with Crippen molar-refractivity contribution >= 4 is 17.1 Å². The second-order valence-electron chi connectivity index (χ2n) is 15.1. The molecule has 266 valence electrons. The van der Waals surface area contributed by atoms with Gasteiger partial charge in [0.15, 0.2) is 5.75 Å². The lowest BCUT2D eigenvalue weighted by atomic mass is 9.66. The maximum atomic E-state index is 7.14. The van der Waals surface area contributed by atoms with Crippen molar-refractivity contribution in [2.45, 2.75) is 5.41 Å². The van der Waals surface area contributed by atoms with Crippen LogP contribution in [0.4, 0.5) is 17.1 Å². The molecule has 0 atom stereocenters. The summed E-state index contributed by atoms with van der Waals surface area (Å²) in [6.45, 7) is 0. The number of benzene rings is 9. The Bertz CT molecular complexity index is 3000. The minimum atomic E-state index is -0.585. The topological polar surface area (TPSA) is 12.5 Å². The minimum absolute atomic E-state index is 0.585. The zero-order valence-electron chi connectivity index (χ0n) is 31.1. The fraction of sp³-hybridized carbons (Fsp3) is 0.0182. The summed E-state index contributed by atoms with van der Waals surface area (Å²) in [5.74, 6) is 1.68. The van der Waals surface area contributed by atoms with Crippen LogP contribution < -0.4 is 9.64 Å². The van der Waals surface area contributed by atoms with Gasteiger partial charge in [-0.05, 0) is 91.5 Å². The van der Waals surface area contributed by atoms with E-state index in [1.807, 2.05) is 0 Å². The minimum Gasteiger partial charge on any atom is -0.454 e. The fourth-order valence-electron chi connectivity index (χ4n) is 10.1. The first-order valence-corrected chi connectivity index (χ1v) is 19.7. The molecule has 9 aromatic rings. The van der Waals surface area contributed by atoms with Crippen LogP contribution in [0.1, 0.15) is 22.3 Å². The molecule has 1 heterocycles. The van der Waals surface area contributed by atoms with E-state index >= 15 is 0 Å². The van der Waals surface area contributed by atoms with E-state index in [2.05, 4.69) is 217 Å². The number of hydrogen-bond acceptors (Lipinski definition) is 2. The van der Waals surface area contributed by atoms with Crippen molar-refractivity contribution in [1.29, 1.82) is 0 Å². The summed E-state index contributed by atoms with van der Waals surface area (Å²) in [5, 5.41) is 0. The predicted molar refractivity (Wildman–Crippen MR) is 234 cm³/mol. The van der Waals surface area contributed by atoms with Crippen molar-refractivity contribution in [2.24, 2.45) is 0 Å². The summed E-state index contributed by atoms with van der Waals surface area (Å²) >= 11 is 0. The van der Waals surface area contributed by atoms with E-state index in [0.717, 1.165) is 45.3 Å². The van der Waals surface area contributed by atoms with Crippen LogP contribution in [0.3, 0.4) is 0 Å². The van der Waals surface area contributed by atoms with Gasteiger partial charge in [-0.25, -0.2) is 0 Å². The van der Waals surface area contributed by atoms with E-state index in [1.54, 1.807) is 0 Å². The monoisotopic (exact) mass is 725 g/mol. The summed E-state index contributed by atoms with van der Waals surface area (Å²) in [7, 11) is 0. The molecule has 9 aromatic carbocycles. The molecule has 0 bridgehead atoms. The van der Waals surface area contributed by atoms with Crippen LogP contribution in [0, 0.1) is 0 Å². The van der Waals surface area contributed by atoms with Crippen LogP contribution in [-0.2, 0) is 5.41 Å². The molecule has 0 aromatic heterocycles. The summed E-state index contributed by atoms with van der Waals surface area (Å²) in [6.07, 6.45) is 0. The smallest absolute Gasteiger partial charge is 0.159 e. The van der Waals surface area contributed by atoms with E-state index in [0.29, 0.717) is 0 Å². The van der Waals surface area contributed by atoms with Crippen molar-refractivity contribution < 1.29 is 4.74 Å². The summed E-state index contributed by atoms with van der Waals surface area (Å²) < 4.78 is 7.14. The SMILES string of the molecule is c1ccc(N(c2cccc3c2Oc2ccccc2-c2ccccc2-3)c2cccc3c2-c2ccccc2C32c3ccccc3-c3ccccc3-c3ccccc32)cc1. The Morgan fingerprint density at radius 3 is 1.37 bits per heavy atom. The van der Waals surface area contributed by atoms with Gasteiger partial charge in [0.05, 0.1) is 16.8 Å².